The van der Waals surface area contributed by atoms with Gasteiger partial charge < -0.3 is 0 Å². The molecule has 33 heavy (non-hydrogen) atoms. The molecular weight excluding hydrogens is 404 g/mol. The Morgan fingerprint density at radius 2 is 1.21 bits per heavy atom. The van der Waals surface area contributed by atoms with Gasteiger partial charge in [-0.15, -0.1) is 0 Å². The number of aromatic nitrogens is 2. The summed E-state index contributed by atoms with van der Waals surface area (Å²) in [6.45, 7) is 0. The fourth-order valence-corrected chi connectivity index (χ4v) is 4.18. The van der Waals surface area contributed by atoms with Gasteiger partial charge in [0.25, 0.3) is 0 Å². The number of Topliss-reactive ketones (excluding diaryl/α,β-unsaturated/α-hetero) is 1. The minimum atomic E-state index is 0.0797. The highest BCUT2D eigenvalue weighted by Gasteiger charge is 2.23. The van der Waals surface area contributed by atoms with E-state index in [1.54, 1.807) is 0 Å². The van der Waals surface area contributed by atoms with E-state index < -0.39 is 0 Å². The average molecular weight is 429 g/mol. The van der Waals surface area contributed by atoms with Crippen LogP contribution in [0.15, 0.2) is 121 Å². The second-order valence-electron chi connectivity index (χ2n) is 8.01. The summed E-state index contributed by atoms with van der Waals surface area (Å²) in [4.78, 5) is 13.3. The molecule has 0 bridgehead atoms. The third kappa shape index (κ3) is 4.53. The fourth-order valence-electron chi connectivity index (χ4n) is 4.18. The van der Waals surface area contributed by atoms with Crippen LogP contribution in [-0.2, 0) is 12.8 Å². The smallest absolute Gasteiger partial charge is 0.168 e. The average Bonchev–Trinajstić information content (AvgIpc) is 3.23. The second kappa shape index (κ2) is 9.49. The first kappa shape index (κ1) is 20.7. The first-order valence-corrected chi connectivity index (χ1v) is 11.1. The Morgan fingerprint density at radius 1 is 0.667 bits per heavy atom. The highest BCUT2D eigenvalue weighted by Crippen LogP contribution is 2.32. The van der Waals surface area contributed by atoms with Crippen LogP contribution in [0.5, 0.6) is 0 Å². The van der Waals surface area contributed by atoms with Crippen LogP contribution < -0.4 is 0 Å². The summed E-state index contributed by atoms with van der Waals surface area (Å²) >= 11 is 0. The Morgan fingerprint density at radius 3 is 1.85 bits per heavy atom. The number of hydrogen-bond acceptors (Lipinski definition) is 2. The molecule has 0 unspecified atom stereocenters. The van der Waals surface area contributed by atoms with Crippen molar-refractivity contribution < 1.29 is 4.79 Å². The van der Waals surface area contributed by atoms with Gasteiger partial charge in [-0.05, 0) is 23.3 Å². The van der Waals surface area contributed by atoms with Crippen molar-refractivity contribution in [2.75, 3.05) is 0 Å². The van der Waals surface area contributed by atoms with Crippen LogP contribution >= 0.6 is 0 Å². The molecule has 5 rings (SSSR count). The molecule has 0 saturated carbocycles. The van der Waals surface area contributed by atoms with Gasteiger partial charge in [-0.1, -0.05) is 109 Å². The van der Waals surface area contributed by atoms with Crippen molar-refractivity contribution >= 4 is 5.78 Å². The Bertz CT molecular complexity index is 1340. The minimum Gasteiger partial charge on any atom is -0.294 e. The molecule has 3 nitrogen and oxygen atoms in total. The lowest BCUT2D eigenvalue weighted by Crippen LogP contribution is -2.10. The maximum Gasteiger partial charge on any atom is 0.168 e. The molecule has 4 aromatic carbocycles. The fraction of sp³-hybridized carbons (Fsp3) is 0.0667. The molecule has 1 aromatic heterocycles. The SMILES string of the molecule is O=C(Cc1c(-c2ccccc2)c(Cc2ccccc2)nn1-c1ccccc1)c1ccccc1. The lowest BCUT2D eigenvalue weighted by molar-refractivity contribution is 0.0991. The van der Waals surface area contributed by atoms with E-state index in [9.17, 15) is 4.79 Å². The van der Waals surface area contributed by atoms with Crippen molar-refractivity contribution in [1.29, 1.82) is 0 Å². The van der Waals surface area contributed by atoms with Crippen LogP contribution in [0.25, 0.3) is 16.8 Å². The van der Waals surface area contributed by atoms with E-state index in [1.807, 2.05) is 102 Å². The lowest BCUT2D eigenvalue weighted by Gasteiger charge is -2.10. The van der Waals surface area contributed by atoms with Crippen molar-refractivity contribution in [1.82, 2.24) is 9.78 Å². The summed E-state index contributed by atoms with van der Waals surface area (Å²) in [7, 11) is 0. The van der Waals surface area contributed by atoms with Crippen molar-refractivity contribution in [3.8, 4) is 16.8 Å². The molecule has 0 atom stereocenters. The molecule has 0 N–H and O–H groups in total. The number of rotatable bonds is 7. The van der Waals surface area contributed by atoms with E-state index in [4.69, 9.17) is 5.10 Å². The summed E-state index contributed by atoms with van der Waals surface area (Å²) in [6, 6.07) is 40.1. The van der Waals surface area contributed by atoms with E-state index in [2.05, 4.69) is 24.3 Å². The predicted molar refractivity (Wildman–Crippen MR) is 133 cm³/mol. The predicted octanol–water partition coefficient (Wildman–Crippen LogP) is 6.56. The van der Waals surface area contributed by atoms with E-state index in [0.29, 0.717) is 12.0 Å². The minimum absolute atomic E-state index is 0.0797. The first-order valence-electron chi connectivity index (χ1n) is 11.1. The van der Waals surface area contributed by atoms with Gasteiger partial charge in [-0.2, -0.15) is 5.10 Å². The standard InChI is InChI=1S/C30H24N2O/c33-29(24-15-7-2-8-16-24)22-28-30(25-17-9-3-10-18-25)27(21-23-13-5-1-6-14-23)31-32(28)26-19-11-4-12-20-26/h1-20H,21-22H2. The van der Waals surface area contributed by atoms with Crippen molar-refractivity contribution in [2.45, 2.75) is 12.8 Å². The number of carbonyl (C=O) groups excluding carboxylic acids is 1. The van der Waals surface area contributed by atoms with Crippen LogP contribution in [0.4, 0.5) is 0 Å². The largest absolute Gasteiger partial charge is 0.294 e. The van der Waals surface area contributed by atoms with E-state index in [-0.39, 0.29) is 12.2 Å². The van der Waals surface area contributed by atoms with Gasteiger partial charge in [0.2, 0.25) is 0 Å². The van der Waals surface area contributed by atoms with Crippen molar-refractivity contribution in [2.24, 2.45) is 0 Å². The summed E-state index contributed by atoms with van der Waals surface area (Å²) < 4.78 is 1.95. The third-order valence-corrected chi connectivity index (χ3v) is 5.75. The molecule has 5 aromatic rings. The molecule has 0 fully saturated rings. The zero-order chi connectivity index (χ0) is 22.5. The highest BCUT2D eigenvalue weighted by atomic mass is 16.1. The molecule has 0 radical (unpaired) electrons. The summed E-state index contributed by atoms with van der Waals surface area (Å²) in [5.41, 5.74) is 6.83. The van der Waals surface area contributed by atoms with E-state index in [0.717, 1.165) is 28.2 Å². The molecule has 0 spiro atoms. The van der Waals surface area contributed by atoms with Gasteiger partial charge in [-0.25, -0.2) is 4.68 Å². The Kier molecular flexibility index (Phi) is 5.94. The molecule has 160 valence electrons. The highest BCUT2D eigenvalue weighted by molar-refractivity contribution is 5.98. The van der Waals surface area contributed by atoms with Gasteiger partial charge in [0.05, 0.1) is 23.5 Å². The van der Waals surface area contributed by atoms with Gasteiger partial charge in [-0.3, -0.25) is 4.79 Å². The molecule has 0 saturated heterocycles. The third-order valence-electron chi connectivity index (χ3n) is 5.75. The number of ketones is 1. The number of nitrogens with zero attached hydrogens (tertiary/aromatic N) is 2. The Hall–Kier alpha value is -4.24. The van der Waals surface area contributed by atoms with Crippen molar-refractivity contribution in [3.63, 3.8) is 0 Å². The van der Waals surface area contributed by atoms with Gasteiger partial charge in [0.1, 0.15) is 0 Å². The Balaban J connectivity index is 1.69. The van der Waals surface area contributed by atoms with Gasteiger partial charge in [0.15, 0.2) is 5.78 Å². The molecule has 0 aliphatic heterocycles. The van der Waals surface area contributed by atoms with Gasteiger partial charge >= 0.3 is 0 Å². The van der Waals surface area contributed by atoms with Crippen LogP contribution in [-0.4, -0.2) is 15.6 Å². The number of hydrogen-bond donors (Lipinski definition) is 0. The zero-order valence-electron chi connectivity index (χ0n) is 18.3. The lowest BCUT2D eigenvalue weighted by atomic mass is 9.95. The molecule has 0 amide bonds. The van der Waals surface area contributed by atoms with Gasteiger partial charge in [0, 0.05) is 17.5 Å². The number of para-hydroxylation sites is 1. The molecule has 0 aliphatic rings. The van der Waals surface area contributed by atoms with E-state index in [1.165, 1.54) is 5.56 Å². The maximum atomic E-state index is 13.3. The van der Waals surface area contributed by atoms with Crippen LogP contribution in [0, 0.1) is 0 Å². The van der Waals surface area contributed by atoms with Crippen molar-refractivity contribution in [3.05, 3.63) is 144 Å². The summed E-state index contributed by atoms with van der Waals surface area (Å²) in [6.07, 6.45) is 0.961. The molecular formula is C30H24N2O. The summed E-state index contributed by atoms with van der Waals surface area (Å²) in [5.74, 6) is 0.0797. The Labute approximate surface area is 194 Å². The maximum absolute atomic E-state index is 13.3. The first-order chi connectivity index (χ1) is 16.3. The topological polar surface area (TPSA) is 34.9 Å². The number of benzene rings is 4. The normalized spacial score (nSPS) is 10.8. The molecule has 0 aliphatic carbocycles. The monoisotopic (exact) mass is 428 g/mol. The quantitative estimate of drug-likeness (QED) is 0.275. The second-order valence-corrected chi connectivity index (χ2v) is 8.01. The number of carbonyl (C=O) groups is 1. The van der Waals surface area contributed by atoms with Crippen LogP contribution in [0.1, 0.15) is 27.3 Å². The zero-order valence-corrected chi connectivity index (χ0v) is 18.3. The van der Waals surface area contributed by atoms with E-state index >= 15 is 0 Å². The van der Waals surface area contributed by atoms with Crippen LogP contribution in [0.3, 0.4) is 0 Å². The van der Waals surface area contributed by atoms with Crippen LogP contribution in [0.2, 0.25) is 0 Å². The molecule has 1 heterocycles. The molecule has 3 heteroatoms. The summed E-state index contributed by atoms with van der Waals surface area (Å²) in [5, 5.41) is 5.06.